The number of benzene rings is 2. The summed E-state index contributed by atoms with van der Waals surface area (Å²) in [7, 11) is 0. The summed E-state index contributed by atoms with van der Waals surface area (Å²) in [5.74, 6) is 0.0135. The van der Waals surface area contributed by atoms with Crippen molar-refractivity contribution < 1.29 is 9.50 Å². The molecule has 0 heterocycles. The molecule has 2 aromatic carbocycles. The van der Waals surface area contributed by atoms with Crippen molar-refractivity contribution in [3.63, 3.8) is 0 Å². The normalized spacial score (nSPS) is 10.2. The van der Waals surface area contributed by atoms with Gasteiger partial charge in [0.2, 0.25) is 0 Å². The van der Waals surface area contributed by atoms with E-state index in [9.17, 15) is 9.50 Å². The maximum Gasteiger partial charge on any atom is 0.124 e. The van der Waals surface area contributed by atoms with Crippen LogP contribution in [0.1, 0.15) is 5.56 Å². The molecule has 17 heavy (non-hydrogen) atoms. The maximum atomic E-state index is 12.9. The third-order valence-electron chi connectivity index (χ3n) is 2.39. The first-order valence-electron chi connectivity index (χ1n) is 5.12. The van der Waals surface area contributed by atoms with Crippen LogP contribution in [0.15, 0.2) is 42.5 Å². The summed E-state index contributed by atoms with van der Waals surface area (Å²) < 4.78 is 13.7. The van der Waals surface area contributed by atoms with Crippen LogP contribution in [0, 0.1) is 9.39 Å². The van der Waals surface area contributed by atoms with Crippen LogP contribution >= 0.6 is 22.6 Å². The highest BCUT2D eigenvalue weighted by Gasteiger charge is 2.03. The Morgan fingerprint density at radius 3 is 2.65 bits per heavy atom. The van der Waals surface area contributed by atoms with Crippen molar-refractivity contribution in [2.45, 2.75) is 6.54 Å². The predicted molar refractivity (Wildman–Crippen MR) is 74.6 cm³/mol. The minimum absolute atomic E-state index is 0.248. The average Bonchev–Trinajstić information content (AvgIpc) is 2.30. The van der Waals surface area contributed by atoms with Crippen molar-refractivity contribution in [1.29, 1.82) is 0 Å². The van der Waals surface area contributed by atoms with Gasteiger partial charge in [-0.05, 0) is 46.9 Å². The number of anilines is 1. The van der Waals surface area contributed by atoms with Gasteiger partial charge >= 0.3 is 0 Å². The molecule has 0 amide bonds. The van der Waals surface area contributed by atoms with Gasteiger partial charge in [-0.15, -0.1) is 0 Å². The first kappa shape index (κ1) is 12.2. The predicted octanol–water partition coefficient (Wildman–Crippen LogP) is 3.75. The Balaban J connectivity index is 2.10. The first-order valence-corrected chi connectivity index (χ1v) is 6.20. The molecule has 2 nitrogen and oxygen atoms in total. The number of nitrogens with one attached hydrogen (secondary N) is 1. The Kier molecular flexibility index (Phi) is 3.83. The number of halogens is 2. The molecule has 0 fully saturated rings. The van der Waals surface area contributed by atoms with Crippen LogP contribution in [-0.4, -0.2) is 5.11 Å². The van der Waals surface area contributed by atoms with Crippen LogP contribution in [-0.2, 0) is 6.54 Å². The third kappa shape index (κ3) is 3.09. The van der Waals surface area contributed by atoms with Gasteiger partial charge in [0.25, 0.3) is 0 Å². The van der Waals surface area contributed by atoms with Crippen LogP contribution in [0.25, 0.3) is 0 Å². The number of aromatic hydroxyl groups is 1. The van der Waals surface area contributed by atoms with E-state index in [1.54, 1.807) is 18.2 Å². The molecular formula is C13H11FINO. The second kappa shape index (κ2) is 5.35. The zero-order valence-corrected chi connectivity index (χ0v) is 11.1. The molecule has 2 N–H and O–H groups in total. The van der Waals surface area contributed by atoms with E-state index in [-0.39, 0.29) is 11.6 Å². The average molecular weight is 343 g/mol. The first-order chi connectivity index (χ1) is 8.16. The van der Waals surface area contributed by atoms with Crippen LogP contribution in [0.5, 0.6) is 5.75 Å². The van der Waals surface area contributed by atoms with E-state index in [4.69, 9.17) is 0 Å². The number of hydrogen-bond donors (Lipinski definition) is 2. The van der Waals surface area contributed by atoms with E-state index in [1.807, 2.05) is 12.1 Å². The zero-order valence-electron chi connectivity index (χ0n) is 8.95. The lowest BCUT2D eigenvalue weighted by atomic mass is 10.2. The number of para-hydroxylation sites is 1. The monoisotopic (exact) mass is 343 g/mol. The van der Waals surface area contributed by atoms with Crippen molar-refractivity contribution in [2.75, 3.05) is 5.32 Å². The van der Waals surface area contributed by atoms with Gasteiger partial charge in [0.15, 0.2) is 0 Å². The third-order valence-corrected chi connectivity index (χ3v) is 3.28. The minimum atomic E-state index is -0.248. The van der Waals surface area contributed by atoms with Gasteiger partial charge in [-0.2, -0.15) is 0 Å². The number of rotatable bonds is 3. The van der Waals surface area contributed by atoms with E-state index < -0.39 is 0 Å². The van der Waals surface area contributed by atoms with Crippen LogP contribution < -0.4 is 5.32 Å². The molecule has 0 spiro atoms. The Labute approximate surface area is 113 Å². The summed E-state index contributed by atoms with van der Waals surface area (Å²) in [6.45, 7) is 0.508. The van der Waals surface area contributed by atoms with Gasteiger partial charge in [0.05, 0.1) is 0 Å². The molecule has 0 saturated carbocycles. The van der Waals surface area contributed by atoms with Crippen molar-refractivity contribution in [2.24, 2.45) is 0 Å². The standard InChI is InChI=1S/C13H11FINO/c14-10-5-6-12(11(15)7-10)16-8-9-3-1-2-4-13(9)17/h1-7,16-17H,8H2. The molecule has 88 valence electrons. The molecule has 0 aliphatic rings. The Morgan fingerprint density at radius 1 is 1.18 bits per heavy atom. The number of hydrogen-bond acceptors (Lipinski definition) is 2. The second-order valence-electron chi connectivity index (χ2n) is 3.61. The smallest absolute Gasteiger partial charge is 0.124 e. The van der Waals surface area contributed by atoms with Gasteiger partial charge in [0, 0.05) is 21.4 Å². The highest BCUT2D eigenvalue weighted by molar-refractivity contribution is 14.1. The van der Waals surface area contributed by atoms with E-state index in [1.165, 1.54) is 12.1 Å². The van der Waals surface area contributed by atoms with Crippen molar-refractivity contribution in [1.82, 2.24) is 0 Å². The number of phenols is 1. The van der Waals surface area contributed by atoms with E-state index in [0.29, 0.717) is 6.54 Å². The summed E-state index contributed by atoms with van der Waals surface area (Å²) in [5, 5.41) is 12.8. The molecule has 0 radical (unpaired) electrons. The van der Waals surface area contributed by atoms with Crippen molar-refractivity contribution in [3.05, 3.63) is 57.4 Å². The summed E-state index contributed by atoms with van der Waals surface area (Å²) in [6.07, 6.45) is 0. The summed E-state index contributed by atoms with van der Waals surface area (Å²) in [4.78, 5) is 0. The van der Waals surface area contributed by atoms with E-state index in [0.717, 1.165) is 14.8 Å². The Morgan fingerprint density at radius 2 is 1.94 bits per heavy atom. The maximum absolute atomic E-state index is 12.9. The lowest BCUT2D eigenvalue weighted by Gasteiger charge is -2.09. The molecule has 2 rings (SSSR count). The van der Waals surface area contributed by atoms with E-state index >= 15 is 0 Å². The fourth-order valence-electron chi connectivity index (χ4n) is 1.48. The Bertz CT molecular complexity index is 531. The molecule has 0 aliphatic heterocycles. The summed E-state index contributed by atoms with van der Waals surface area (Å²) >= 11 is 2.07. The van der Waals surface area contributed by atoms with Crippen molar-refractivity contribution >= 4 is 28.3 Å². The summed E-state index contributed by atoms with van der Waals surface area (Å²) in [6, 6.07) is 11.7. The van der Waals surface area contributed by atoms with Crippen LogP contribution in [0.2, 0.25) is 0 Å². The lowest BCUT2D eigenvalue weighted by molar-refractivity contribution is 0.469. The zero-order chi connectivity index (χ0) is 12.3. The molecule has 4 heteroatoms. The van der Waals surface area contributed by atoms with Crippen LogP contribution in [0.3, 0.4) is 0 Å². The SMILES string of the molecule is Oc1ccccc1CNc1ccc(F)cc1I. The molecular weight excluding hydrogens is 332 g/mol. The summed E-state index contributed by atoms with van der Waals surface area (Å²) in [5.41, 5.74) is 1.67. The molecule has 0 aromatic heterocycles. The molecule has 0 atom stereocenters. The van der Waals surface area contributed by atoms with Gasteiger partial charge in [-0.25, -0.2) is 4.39 Å². The Hall–Kier alpha value is -1.30. The quantitative estimate of drug-likeness (QED) is 0.832. The van der Waals surface area contributed by atoms with Gasteiger partial charge in [-0.3, -0.25) is 0 Å². The molecule has 0 saturated heterocycles. The molecule has 0 unspecified atom stereocenters. The fraction of sp³-hybridized carbons (Fsp3) is 0.0769. The molecule has 0 bridgehead atoms. The fourth-order valence-corrected chi connectivity index (χ4v) is 2.15. The van der Waals surface area contributed by atoms with Crippen molar-refractivity contribution in [3.8, 4) is 5.75 Å². The lowest BCUT2D eigenvalue weighted by Crippen LogP contribution is -2.01. The largest absolute Gasteiger partial charge is 0.508 e. The molecule has 0 aliphatic carbocycles. The van der Waals surface area contributed by atoms with Gasteiger partial charge in [-0.1, -0.05) is 18.2 Å². The minimum Gasteiger partial charge on any atom is -0.508 e. The number of phenolic OH excluding ortho intramolecular Hbond substituents is 1. The van der Waals surface area contributed by atoms with Gasteiger partial charge < -0.3 is 10.4 Å². The second-order valence-corrected chi connectivity index (χ2v) is 4.77. The molecule has 2 aromatic rings. The van der Waals surface area contributed by atoms with Crippen LogP contribution in [0.4, 0.5) is 10.1 Å². The van der Waals surface area contributed by atoms with E-state index in [2.05, 4.69) is 27.9 Å². The van der Waals surface area contributed by atoms with Gasteiger partial charge in [0.1, 0.15) is 11.6 Å². The highest BCUT2D eigenvalue weighted by Crippen LogP contribution is 2.22. The highest BCUT2D eigenvalue weighted by atomic mass is 127. The topological polar surface area (TPSA) is 32.3 Å².